The summed E-state index contributed by atoms with van der Waals surface area (Å²) in [7, 11) is 0. The zero-order valence-electron chi connectivity index (χ0n) is 16.1. The van der Waals surface area contributed by atoms with E-state index in [1.54, 1.807) is 23.1 Å². The number of ether oxygens (including phenoxy) is 1. The Morgan fingerprint density at radius 1 is 1.14 bits per heavy atom. The molecule has 0 radical (unpaired) electrons. The molecule has 1 fully saturated rings. The lowest BCUT2D eigenvalue weighted by Gasteiger charge is -2.35. The Morgan fingerprint density at radius 2 is 1.86 bits per heavy atom. The molecule has 1 saturated heterocycles. The van der Waals surface area contributed by atoms with Gasteiger partial charge in [-0.1, -0.05) is 30.3 Å². The van der Waals surface area contributed by atoms with E-state index in [1.807, 2.05) is 35.8 Å². The summed E-state index contributed by atoms with van der Waals surface area (Å²) in [5.74, 6) is 0.161. The fourth-order valence-electron chi connectivity index (χ4n) is 4.17. The molecule has 0 spiro atoms. The number of morpholine rings is 1. The van der Waals surface area contributed by atoms with E-state index >= 15 is 0 Å². The van der Waals surface area contributed by atoms with Gasteiger partial charge in [-0.05, 0) is 25.1 Å². The summed E-state index contributed by atoms with van der Waals surface area (Å²) in [6.45, 7) is 3.92. The molecule has 1 N–H and O–H groups in total. The van der Waals surface area contributed by atoms with Gasteiger partial charge in [-0.3, -0.25) is 9.36 Å². The fraction of sp³-hybridized carbons (Fsp3) is 0.273. The van der Waals surface area contributed by atoms with Crippen molar-refractivity contribution in [1.29, 1.82) is 0 Å². The van der Waals surface area contributed by atoms with Crippen LogP contribution in [0, 0.1) is 5.82 Å². The van der Waals surface area contributed by atoms with Crippen molar-refractivity contribution in [1.82, 2.24) is 14.5 Å². The fourth-order valence-corrected chi connectivity index (χ4v) is 4.17. The topological polar surface area (TPSA) is 59.4 Å². The lowest BCUT2D eigenvalue weighted by atomic mass is 9.93. The molecule has 1 aromatic heterocycles. The summed E-state index contributed by atoms with van der Waals surface area (Å²) in [4.78, 5) is 20.0. The molecule has 2 aliphatic rings. The zero-order chi connectivity index (χ0) is 20.0. The van der Waals surface area contributed by atoms with Gasteiger partial charge in [0.1, 0.15) is 5.82 Å². The van der Waals surface area contributed by atoms with E-state index in [9.17, 15) is 9.18 Å². The molecule has 0 bridgehead atoms. The molecular weight excluding hydrogens is 371 g/mol. The number of amides is 1. The van der Waals surface area contributed by atoms with Crippen molar-refractivity contribution in [2.45, 2.75) is 13.0 Å². The summed E-state index contributed by atoms with van der Waals surface area (Å²) >= 11 is 0. The first-order valence-electron chi connectivity index (χ1n) is 9.71. The third-order valence-electron chi connectivity index (χ3n) is 5.56. The third kappa shape index (κ3) is 2.89. The van der Waals surface area contributed by atoms with E-state index in [1.165, 1.54) is 6.07 Å². The number of hydrogen-bond acceptors (Lipinski definition) is 4. The van der Waals surface area contributed by atoms with Gasteiger partial charge in [0.05, 0.1) is 35.9 Å². The number of imidazole rings is 1. The lowest BCUT2D eigenvalue weighted by molar-refractivity contribution is -0.131. The van der Waals surface area contributed by atoms with Crippen molar-refractivity contribution in [2.24, 2.45) is 0 Å². The van der Waals surface area contributed by atoms with Gasteiger partial charge in [-0.2, -0.15) is 0 Å². The van der Waals surface area contributed by atoms with Crippen LogP contribution in [0.1, 0.15) is 18.5 Å². The van der Waals surface area contributed by atoms with Gasteiger partial charge in [0.25, 0.3) is 5.91 Å². The smallest absolute Gasteiger partial charge is 0.254 e. The number of rotatable bonds is 2. The predicted octanol–water partition coefficient (Wildman–Crippen LogP) is 3.32. The SMILES string of the molecule is CC1=C(C(=O)N2CCOCC2)[C@@H](c2ccccc2F)n2c(nc3ccccc32)N1. The zero-order valence-corrected chi connectivity index (χ0v) is 16.1. The highest BCUT2D eigenvalue weighted by atomic mass is 19.1. The number of nitrogens with zero attached hydrogens (tertiary/aromatic N) is 3. The average molecular weight is 392 g/mol. The monoisotopic (exact) mass is 392 g/mol. The number of anilines is 1. The van der Waals surface area contributed by atoms with E-state index < -0.39 is 6.04 Å². The number of allylic oxidation sites excluding steroid dienone is 1. The predicted molar refractivity (Wildman–Crippen MR) is 108 cm³/mol. The summed E-state index contributed by atoms with van der Waals surface area (Å²) < 4.78 is 22.3. The number of aromatic nitrogens is 2. The second-order valence-corrected chi connectivity index (χ2v) is 7.29. The quantitative estimate of drug-likeness (QED) is 0.727. The Balaban J connectivity index is 1.72. The number of fused-ring (bicyclic) bond motifs is 3. The summed E-state index contributed by atoms with van der Waals surface area (Å²) in [5, 5.41) is 3.27. The third-order valence-corrected chi connectivity index (χ3v) is 5.56. The van der Waals surface area contributed by atoms with Crippen molar-refractivity contribution >= 4 is 22.9 Å². The van der Waals surface area contributed by atoms with Crippen LogP contribution in [0.2, 0.25) is 0 Å². The van der Waals surface area contributed by atoms with Crippen LogP contribution in [0.15, 0.2) is 59.8 Å². The van der Waals surface area contributed by atoms with Gasteiger partial charge in [0, 0.05) is 24.4 Å². The van der Waals surface area contributed by atoms with Crippen LogP contribution in [0.3, 0.4) is 0 Å². The highest BCUT2D eigenvalue weighted by molar-refractivity contribution is 5.98. The number of hydrogen-bond donors (Lipinski definition) is 1. The molecule has 1 amide bonds. The van der Waals surface area contributed by atoms with Gasteiger partial charge < -0.3 is 15.0 Å². The highest BCUT2D eigenvalue weighted by Gasteiger charge is 2.37. The van der Waals surface area contributed by atoms with Gasteiger partial charge in [-0.25, -0.2) is 9.37 Å². The Morgan fingerprint density at radius 3 is 2.66 bits per heavy atom. The Labute approximate surface area is 167 Å². The van der Waals surface area contributed by atoms with E-state index in [2.05, 4.69) is 10.3 Å². The molecule has 3 heterocycles. The molecule has 3 aromatic rings. The van der Waals surface area contributed by atoms with Gasteiger partial charge in [0.2, 0.25) is 5.95 Å². The van der Waals surface area contributed by atoms with E-state index in [-0.39, 0.29) is 11.7 Å². The van der Waals surface area contributed by atoms with Crippen LogP contribution in [0.5, 0.6) is 0 Å². The maximum Gasteiger partial charge on any atom is 0.254 e. The first-order chi connectivity index (χ1) is 14.1. The highest BCUT2D eigenvalue weighted by Crippen LogP contribution is 2.40. The van der Waals surface area contributed by atoms with Crippen LogP contribution >= 0.6 is 0 Å². The second kappa shape index (κ2) is 7.00. The summed E-state index contributed by atoms with van der Waals surface area (Å²) in [5.41, 5.74) is 3.33. The molecule has 5 rings (SSSR count). The molecule has 2 aliphatic heterocycles. The van der Waals surface area contributed by atoms with Crippen molar-refractivity contribution < 1.29 is 13.9 Å². The van der Waals surface area contributed by atoms with Crippen molar-refractivity contribution in [3.63, 3.8) is 0 Å². The maximum atomic E-state index is 15.0. The number of carbonyl (C=O) groups is 1. The molecule has 0 aliphatic carbocycles. The first-order valence-corrected chi connectivity index (χ1v) is 9.71. The van der Waals surface area contributed by atoms with Crippen LogP contribution in [0.25, 0.3) is 11.0 Å². The Bertz CT molecular complexity index is 1130. The maximum absolute atomic E-state index is 15.0. The molecule has 29 heavy (non-hydrogen) atoms. The minimum absolute atomic E-state index is 0.102. The number of benzene rings is 2. The van der Waals surface area contributed by atoms with Crippen LogP contribution in [0.4, 0.5) is 10.3 Å². The van der Waals surface area contributed by atoms with Crippen molar-refractivity contribution in [3.05, 3.63) is 71.2 Å². The second-order valence-electron chi connectivity index (χ2n) is 7.29. The number of halogens is 1. The largest absolute Gasteiger partial charge is 0.378 e. The van der Waals surface area contributed by atoms with E-state index in [0.717, 1.165) is 11.0 Å². The molecule has 7 heteroatoms. The lowest BCUT2D eigenvalue weighted by Crippen LogP contribution is -2.44. The van der Waals surface area contributed by atoms with Crippen LogP contribution in [-0.4, -0.2) is 46.7 Å². The van der Waals surface area contributed by atoms with Crippen LogP contribution in [-0.2, 0) is 9.53 Å². The van der Waals surface area contributed by atoms with Gasteiger partial charge in [0.15, 0.2) is 0 Å². The first kappa shape index (κ1) is 17.9. The minimum Gasteiger partial charge on any atom is -0.378 e. The van der Waals surface area contributed by atoms with Gasteiger partial charge in [-0.15, -0.1) is 0 Å². The molecular formula is C22H21FN4O2. The number of carbonyl (C=O) groups excluding carboxylic acids is 1. The molecule has 6 nitrogen and oxygen atoms in total. The molecule has 2 aromatic carbocycles. The van der Waals surface area contributed by atoms with E-state index in [4.69, 9.17) is 4.74 Å². The Kier molecular flexibility index (Phi) is 4.32. The van der Waals surface area contributed by atoms with Crippen LogP contribution < -0.4 is 5.32 Å². The molecule has 0 unspecified atom stereocenters. The summed E-state index contributed by atoms with van der Waals surface area (Å²) in [6, 6.07) is 13.7. The van der Waals surface area contributed by atoms with Gasteiger partial charge >= 0.3 is 0 Å². The van der Waals surface area contributed by atoms with Crippen molar-refractivity contribution in [3.8, 4) is 0 Å². The van der Waals surface area contributed by atoms with Crippen molar-refractivity contribution in [2.75, 3.05) is 31.6 Å². The van der Waals surface area contributed by atoms with E-state index in [0.29, 0.717) is 49.1 Å². The number of para-hydroxylation sites is 2. The number of nitrogens with one attached hydrogen (secondary N) is 1. The average Bonchev–Trinajstić information content (AvgIpc) is 3.11. The standard InChI is InChI=1S/C22H21FN4O2/c1-14-19(21(28)26-10-12-29-13-11-26)20(15-6-2-3-7-16(15)23)27-18-9-5-4-8-17(18)25-22(27)24-14/h2-9,20H,10-13H2,1H3,(H,24,25)/t20-/m1/s1. The molecule has 1 atom stereocenters. The molecule has 148 valence electrons. The Hall–Kier alpha value is -3.19. The molecule has 0 saturated carbocycles. The normalized spacial score (nSPS) is 19.2. The minimum atomic E-state index is -0.602. The summed E-state index contributed by atoms with van der Waals surface area (Å²) in [6.07, 6.45) is 0.